The summed E-state index contributed by atoms with van der Waals surface area (Å²) in [5.41, 5.74) is 0.878. The van der Waals surface area contributed by atoms with Gasteiger partial charge in [0.05, 0.1) is 20.6 Å². The number of hydrogen-bond acceptors (Lipinski definition) is 5. The highest BCUT2D eigenvalue weighted by atomic mass is 35.5. The minimum absolute atomic E-state index is 0.000484. The minimum atomic E-state index is -4.19. The molecule has 0 unspecified atom stereocenters. The van der Waals surface area contributed by atoms with Crippen molar-refractivity contribution >= 4 is 50.7 Å². The third-order valence-corrected chi connectivity index (χ3v) is 9.29. The van der Waals surface area contributed by atoms with Crippen LogP contribution in [0.15, 0.2) is 108 Å². The van der Waals surface area contributed by atoms with Gasteiger partial charge in [-0.2, -0.15) is 0 Å². The summed E-state index contributed by atoms with van der Waals surface area (Å²) in [5.74, 6) is 0.169. The molecule has 4 aromatic rings. The van der Waals surface area contributed by atoms with Gasteiger partial charge in [-0.05, 0) is 79.6 Å². The van der Waals surface area contributed by atoms with E-state index in [0.717, 1.165) is 4.31 Å². The molecule has 4 aromatic carbocycles. The summed E-state index contributed by atoms with van der Waals surface area (Å²) in [4.78, 5) is 28.4. The molecule has 0 radical (unpaired) electrons. The van der Waals surface area contributed by atoms with Gasteiger partial charge in [0.15, 0.2) is 0 Å². The summed E-state index contributed by atoms with van der Waals surface area (Å²) in [7, 11) is -4.19. The molecule has 8 nitrogen and oxygen atoms in total. The van der Waals surface area contributed by atoms with Gasteiger partial charge in [-0.1, -0.05) is 72.6 Å². The van der Waals surface area contributed by atoms with Gasteiger partial charge in [-0.3, -0.25) is 13.9 Å². The lowest BCUT2D eigenvalue weighted by Gasteiger charge is -2.32. The number of carbonyl (C=O) groups is 2. The number of halogens is 2. The summed E-state index contributed by atoms with van der Waals surface area (Å²) in [6.07, 6.45) is 0.715. The fourth-order valence-corrected chi connectivity index (χ4v) is 6.12. The van der Waals surface area contributed by atoms with Crippen molar-refractivity contribution in [1.82, 2.24) is 10.2 Å². The minimum Gasteiger partial charge on any atom is -0.457 e. The van der Waals surface area contributed by atoms with Crippen LogP contribution in [0, 0.1) is 0 Å². The molecule has 0 aliphatic rings. The lowest BCUT2D eigenvalue weighted by Crippen LogP contribution is -2.51. The van der Waals surface area contributed by atoms with E-state index in [0.29, 0.717) is 40.1 Å². The molecule has 2 amide bonds. The zero-order chi connectivity index (χ0) is 31.7. The van der Waals surface area contributed by atoms with E-state index < -0.39 is 28.5 Å². The van der Waals surface area contributed by atoms with Gasteiger partial charge in [0, 0.05) is 13.1 Å². The first-order valence-corrected chi connectivity index (χ1v) is 16.2. The van der Waals surface area contributed by atoms with Crippen LogP contribution in [0.5, 0.6) is 11.5 Å². The Bertz CT molecular complexity index is 1670. The van der Waals surface area contributed by atoms with E-state index in [4.69, 9.17) is 27.9 Å². The van der Waals surface area contributed by atoms with Crippen molar-refractivity contribution in [1.29, 1.82) is 0 Å². The number of hydrogen-bond donors (Lipinski definition) is 1. The molecule has 44 heavy (non-hydrogen) atoms. The van der Waals surface area contributed by atoms with E-state index in [9.17, 15) is 18.0 Å². The molecule has 4 rings (SSSR count). The zero-order valence-corrected chi connectivity index (χ0v) is 26.6. The van der Waals surface area contributed by atoms with E-state index in [1.54, 1.807) is 79.7 Å². The third kappa shape index (κ3) is 8.31. The number of nitrogens with zero attached hydrogens (tertiary/aromatic N) is 2. The number of rotatable bonds is 13. The molecule has 0 aliphatic carbocycles. The van der Waals surface area contributed by atoms with Crippen LogP contribution in [-0.4, -0.2) is 44.3 Å². The Morgan fingerprint density at radius 3 is 2.07 bits per heavy atom. The molecular weight excluding hydrogens is 621 g/mol. The second-order valence-electron chi connectivity index (χ2n) is 9.97. The van der Waals surface area contributed by atoms with Crippen LogP contribution in [0.4, 0.5) is 5.69 Å². The van der Waals surface area contributed by atoms with Crippen LogP contribution >= 0.6 is 23.2 Å². The quantitative estimate of drug-likeness (QED) is 0.169. The number of nitrogens with one attached hydrogen (secondary N) is 1. The monoisotopic (exact) mass is 653 g/mol. The normalized spacial score (nSPS) is 11.8. The number of sulfonamides is 1. The van der Waals surface area contributed by atoms with Gasteiger partial charge in [-0.15, -0.1) is 0 Å². The highest BCUT2D eigenvalue weighted by molar-refractivity contribution is 7.92. The fraction of sp³-hybridized carbons (Fsp3) is 0.212. The van der Waals surface area contributed by atoms with Crippen molar-refractivity contribution in [2.24, 2.45) is 0 Å². The predicted octanol–water partition coefficient (Wildman–Crippen LogP) is 6.92. The second kappa shape index (κ2) is 15.1. The van der Waals surface area contributed by atoms with Gasteiger partial charge in [0.2, 0.25) is 11.8 Å². The molecule has 0 bridgehead atoms. The van der Waals surface area contributed by atoms with Gasteiger partial charge in [0.1, 0.15) is 24.1 Å². The first kappa shape index (κ1) is 32.9. The highest BCUT2D eigenvalue weighted by Crippen LogP contribution is 2.29. The maximum absolute atomic E-state index is 14.0. The number of anilines is 1. The molecule has 0 fully saturated rings. The Kier molecular flexibility index (Phi) is 11.3. The standard InChI is InChI=1S/C33H33Cl2N3O5S/c1-3-20-36-33(40)24(2)37(22-25-14-19-30(34)31(35)21-25)32(39)23-38(44(41,42)29-12-8-5-9-13-29)26-15-17-28(18-16-26)43-27-10-6-4-7-11-27/h4-19,21,24H,3,20,22-23H2,1-2H3,(H,36,40)/t24-/m1/s1. The SMILES string of the molecule is CCCNC(=O)[C@@H](C)N(Cc1ccc(Cl)c(Cl)c1)C(=O)CN(c1ccc(Oc2ccccc2)cc1)S(=O)(=O)c1ccccc1. The average molecular weight is 655 g/mol. The maximum atomic E-state index is 14.0. The van der Waals surface area contributed by atoms with Gasteiger partial charge >= 0.3 is 0 Å². The molecule has 11 heteroatoms. The van der Waals surface area contributed by atoms with Crippen molar-refractivity contribution in [3.8, 4) is 11.5 Å². The van der Waals surface area contributed by atoms with Crippen LogP contribution in [0.2, 0.25) is 10.0 Å². The maximum Gasteiger partial charge on any atom is 0.264 e. The van der Waals surface area contributed by atoms with Crippen molar-refractivity contribution in [3.63, 3.8) is 0 Å². The van der Waals surface area contributed by atoms with Crippen LogP contribution in [-0.2, 0) is 26.2 Å². The summed E-state index contributed by atoms with van der Waals surface area (Å²) < 4.78 is 34.8. The molecule has 1 atom stereocenters. The van der Waals surface area contributed by atoms with Gasteiger partial charge in [0.25, 0.3) is 10.0 Å². The smallest absolute Gasteiger partial charge is 0.264 e. The van der Waals surface area contributed by atoms with Gasteiger partial charge < -0.3 is 15.0 Å². The number of amides is 2. The molecule has 0 heterocycles. The summed E-state index contributed by atoms with van der Waals surface area (Å²) in [5, 5.41) is 3.46. The largest absolute Gasteiger partial charge is 0.457 e. The summed E-state index contributed by atoms with van der Waals surface area (Å²) in [6.45, 7) is 3.39. The Morgan fingerprint density at radius 2 is 1.45 bits per heavy atom. The number of ether oxygens (including phenoxy) is 1. The number of benzene rings is 4. The average Bonchev–Trinajstić information content (AvgIpc) is 3.03. The van der Waals surface area contributed by atoms with Crippen LogP contribution < -0.4 is 14.4 Å². The molecule has 0 saturated carbocycles. The third-order valence-electron chi connectivity index (χ3n) is 6.77. The molecule has 0 saturated heterocycles. The van der Waals surface area contributed by atoms with Crippen molar-refractivity contribution in [2.45, 2.75) is 37.8 Å². The molecular formula is C33H33Cl2N3O5S. The first-order valence-electron chi connectivity index (χ1n) is 14.0. The first-order chi connectivity index (χ1) is 21.1. The Hall–Kier alpha value is -4.05. The van der Waals surface area contributed by atoms with E-state index in [-0.39, 0.29) is 23.0 Å². The Morgan fingerprint density at radius 1 is 0.841 bits per heavy atom. The topological polar surface area (TPSA) is 96.0 Å². The Balaban J connectivity index is 1.69. The predicted molar refractivity (Wildman–Crippen MR) is 174 cm³/mol. The summed E-state index contributed by atoms with van der Waals surface area (Å²) >= 11 is 12.3. The number of para-hydroxylation sites is 1. The van der Waals surface area contributed by atoms with Crippen LogP contribution in [0.1, 0.15) is 25.8 Å². The second-order valence-corrected chi connectivity index (χ2v) is 12.6. The van der Waals surface area contributed by atoms with Crippen molar-refractivity contribution < 1.29 is 22.7 Å². The highest BCUT2D eigenvalue weighted by Gasteiger charge is 2.32. The lowest BCUT2D eigenvalue weighted by atomic mass is 10.1. The number of carbonyl (C=O) groups excluding carboxylic acids is 2. The van der Waals surface area contributed by atoms with Gasteiger partial charge in [-0.25, -0.2) is 8.42 Å². The van der Waals surface area contributed by atoms with Crippen molar-refractivity contribution in [3.05, 3.63) is 119 Å². The molecule has 1 N–H and O–H groups in total. The van der Waals surface area contributed by atoms with Crippen LogP contribution in [0.3, 0.4) is 0 Å². The zero-order valence-electron chi connectivity index (χ0n) is 24.3. The summed E-state index contributed by atoms with van der Waals surface area (Å²) in [6, 6.07) is 27.5. The van der Waals surface area contributed by atoms with Crippen LogP contribution in [0.25, 0.3) is 0 Å². The molecule has 230 valence electrons. The van der Waals surface area contributed by atoms with E-state index >= 15 is 0 Å². The lowest BCUT2D eigenvalue weighted by molar-refractivity contribution is -0.139. The Labute approximate surface area is 268 Å². The molecule has 0 aromatic heterocycles. The molecule has 0 aliphatic heterocycles. The van der Waals surface area contributed by atoms with Crippen molar-refractivity contribution in [2.75, 3.05) is 17.4 Å². The van der Waals surface area contributed by atoms with E-state index in [2.05, 4.69) is 5.32 Å². The van der Waals surface area contributed by atoms with E-state index in [1.807, 2.05) is 25.1 Å². The fourth-order valence-electron chi connectivity index (χ4n) is 4.37. The molecule has 0 spiro atoms. The van der Waals surface area contributed by atoms with E-state index in [1.165, 1.54) is 17.0 Å².